The molecule has 0 amide bonds. The van der Waals surface area contributed by atoms with E-state index in [0.717, 1.165) is 5.56 Å². The summed E-state index contributed by atoms with van der Waals surface area (Å²) in [7, 11) is 0. The summed E-state index contributed by atoms with van der Waals surface area (Å²) in [5.41, 5.74) is 1.10. The van der Waals surface area contributed by atoms with E-state index in [0.29, 0.717) is 13.0 Å². The van der Waals surface area contributed by atoms with Gasteiger partial charge in [0.1, 0.15) is 0 Å². The Morgan fingerprint density at radius 2 is 2.29 bits per heavy atom. The first-order chi connectivity index (χ1) is 6.74. The third kappa shape index (κ3) is 2.84. The molecule has 0 radical (unpaired) electrons. The predicted octanol–water partition coefficient (Wildman–Crippen LogP) is 1.26. The first kappa shape index (κ1) is 10.2. The van der Waals surface area contributed by atoms with Crippen LogP contribution in [0.25, 0.3) is 0 Å². The van der Waals surface area contributed by atoms with Gasteiger partial charge in [-0.2, -0.15) is 0 Å². The molecule has 0 fully saturated rings. The van der Waals surface area contributed by atoms with Crippen LogP contribution in [0.1, 0.15) is 15.9 Å². The standard InChI is InChI=1S/C10H9NO3/c12-7-11-5-4-8-2-1-3-9(6-8)10(13)14/h1-3,6H,4-5H2,(H,13,14). The van der Waals surface area contributed by atoms with Crippen molar-refractivity contribution in [2.75, 3.05) is 6.54 Å². The number of isocyanates is 1. The molecule has 0 aromatic heterocycles. The maximum atomic E-state index is 10.6. The van der Waals surface area contributed by atoms with Gasteiger partial charge in [-0.15, -0.1) is 0 Å². The third-order valence-electron chi connectivity index (χ3n) is 1.75. The summed E-state index contributed by atoms with van der Waals surface area (Å²) in [4.78, 5) is 23.8. The number of aliphatic imine (C=N–C) groups is 1. The minimum absolute atomic E-state index is 0.248. The molecule has 1 rings (SSSR count). The lowest BCUT2D eigenvalue weighted by atomic mass is 10.1. The Hall–Kier alpha value is -1.93. The number of carboxylic acid groups (broad SMARTS) is 1. The molecule has 72 valence electrons. The summed E-state index contributed by atoms with van der Waals surface area (Å²) in [6, 6.07) is 6.56. The number of carbonyl (C=O) groups is 1. The molecule has 0 atom stereocenters. The second-order valence-electron chi connectivity index (χ2n) is 2.73. The van der Waals surface area contributed by atoms with E-state index in [2.05, 4.69) is 4.99 Å². The highest BCUT2D eigenvalue weighted by Crippen LogP contribution is 2.05. The monoisotopic (exact) mass is 191 g/mol. The molecule has 0 bridgehead atoms. The van der Waals surface area contributed by atoms with Gasteiger partial charge in [0.15, 0.2) is 0 Å². The quantitative estimate of drug-likeness (QED) is 0.575. The van der Waals surface area contributed by atoms with E-state index in [9.17, 15) is 9.59 Å². The van der Waals surface area contributed by atoms with Crippen molar-refractivity contribution in [3.63, 3.8) is 0 Å². The van der Waals surface area contributed by atoms with Crippen LogP contribution < -0.4 is 0 Å². The third-order valence-corrected chi connectivity index (χ3v) is 1.75. The molecule has 0 saturated carbocycles. The maximum absolute atomic E-state index is 10.6. The Balaban J connectivity index is 2.73. The number of aromatic carboxylic acids is 1. The predicted molar refractivity (Wildman–Crippen MR) is 50.1 cm³/mol. The summed E-state index contributed by atoms with van der Waals surface area (Å²) < 4.78 is 0. The minimum Gasteiger partial charge on any atom is -0.478 e. The average molecular weight is 191 g/mol. The smallest absolute Gasteiger partial charge is 0.335 e. The molecule has 4 heteroatoms. The van der Waals surface area contributed by atoms with E-state index >= 15 is 0 Å². The van der Waals surface area contributed by atoms with Gasteiger partial charge in [-0.3, -0.25) is 0 Å². The van der Waals surface area contributed by atoms with Gasteiger partial charge in [-0.25, -0.2) is 14.6 Å². The molecule has 14 heavy (non-hydrogen) atoms. The molecule has 0 saturated heterocycles. The number of rotatable bonds is 4. The highest BCUT2D eigenvalue weighted by Gasteiger charge is 2.02. The van der Waals surface area contributed by atoms with Gasteiger partial charge in [-0.05, 0) is 24.1 Å². The average Bonchev–Trinajstić information content (AvgIpc) is 2.19. The molecule has 0 aliphatic heterocycles. The molecular weight excluding hydrogens is 182 g/mol. The molecule has 0 spiro atoms. The number of carboxylic acids is 1. The number of benzene rings is 1. The van der Waals surface area contributed by atoms with Crippen molar-refractivity contribution in [2.24, 2.45) is 4.99 Å². The summed E-state index contributed by atoms with van der Waals surface area (Å²) in [6.07, 6.45) is 1.99. The number of hydrogen-bond acceptors (Lipinski definition) is 3. The molecule has 4 nitrogen and oxygen atoms in total. The topological polar surface area (TPSA) is 66.7 Å². The second-order valence-corrected chi connectivity index (χ2v) is 2.73. The lowest BCUT2D eigenvalue weighted by Gasteiger charge is -1.99. The van der Waals surface area contributed by atoms with E-state index in [-0.39, 0.29) is 5.56 Å². The van der Waals surface area contributed by atoms with Crippen LogP contribution in [0.15, 0.2) is 29.3 Å². The molecular formula is C10H9NO3. The Kier molecular flexibility index (Phi) is 3.58. The van der Waals surface area contributed by atoms with E-state index < -0.39 is 5.97 Å². The van der Waals surface area contributed by atoms with Crippen molar-refractivity contribution in [1.82, 2.24) is 0 Å². The second kappa shape index (κ2) is 4.94. The van der Waals surface area contributed by atoms with Crippen molar-refractivity contribution in [1.29, 1.82) is 0 Å². The van der Waals surface area contributed by atoms with Crippen molar-refractivity contribution in [3.8, 4) is 0 Å². The number of nitrogens with zero attached hydrogens (tertiary/aromatic N) is 1. The van der Waals surface area contributed by atoms with Crippen LogP contribution in [0, 0.1) is 0 Å². The van der Waals surface area contributed by atoms with Crippen LogP contribution >= 0.6 is 0 Å². The Morgan fingerprint density at radius 1 is 1.50 bits per heavy atom. The van der Waals surface area contributed by atoms with Crippen LogP contribution in [-0.4, -0.2) is 23.7 Å². The van der Waals surface area contributed by atoms with E-state index in [1.165, 1.54) is 12.1 Å². The molecule has 0 unspecified atom stereocenters. The Labute approximate surface area is 80.9 Å². The van der Waals surface area contributed by atoms with Crippen LogP contribution in [-0.2, 0) is 11.2 Å². The van der Waals surface area contributed by atoms with Crippen LogP contribution in [0.4, 0.5) is 0 Å². The van der Waals surface area contributed by atoms with Crippen molar-refractivity contribution < 1.29 is 14.7 Å². The first-order valence-corrected chi connectivity index (χ1v) is 4.10. The minimum atomic E-state index is -0.953. The lowest BCUT2D eigenvalue weighted by molar-refractivity contribution is 0.0697. The van der Waals surface area contributed by atoms with Gasteiger partial charge in [0.2, 0.25) is 6.08 Å². The SMILES string of the molecule is O=C=NCCc1cccc(C(=O)O)c1. The van der Waals surface area contributed by atoms with Gasteiger partial charge in [0.05, 0.1) is 12.1 Å². The maximum Gasteiger partial charge on any atom is 0.335 e. The Morgan fingerprint density at radius 3 is 2.93 bits per heavy atom. The molecule has 0 heterocycles. The highest BCUT2D eigenvalue weighted by molar-refractivity contribution is 5.87. The fourth-order valence-corrected chi connectivity index (χ4v) is 1.09. The summed E-state index contributed by atoms with van der Waals surface area (Å²) in [5, 5.41) is 8.70. The first-order valence-electron chi connectivity index (χ1n) is 4.10. The molecule has 0 aliphatic rings. The molecule has 1 aromatic rings. The van der Waals surface area contributed by atoms with Crippen LogP contribution in [0.3, 0.4) is 0 Å². The van der Waals surface area contributed by atoms with Gasteiger partial charge < -0.3 is 5.11 Å². The fourth-order valence-electron chi connectivity index (χ4n) is 1.09. The summed E-state index contributed by atoms with van der Waals surface area (Å²) >= 11 is 0. The normalized spacial score (nSPS) is 9.14. The molecule has 1 aromatic carbocycles. The lowest BCUT2D eigenvalue weighted by Crippen LogP contribution is -1.98. The number of carbonyl (C=O) groups excluding carboxylic acids is 1. The fraction of sp³-hybridized carbons (Fsp3) is 0.200. The summed E-state index contributed by atoms with van der Waals surface area (Å²) in [5.74, 6) is -0.953. The van der Waals surface area contributed by atoms with Gasteiger partial charge >= 0.3 is 5.97 Å². The van der Waals surface area contributed by atoms with Gasteiger partial charge in [0.25, 0.3) is 0 Å². The van der Waals surface area contributed by atoms with Crippen LogP contribution in [0.2, 0.25) is 0 Å². The summed E-state index contributed by atoms with van der Waals surface area (Å²) in [6.45, 7) is 0.340. The van der Waals surface area contributed by atoms with E-state index in [1.54, 1.807) is 18.2 Å². The van der Waals surface area contributed by atoms with Gasteiger partial charge in [-0.1, -0.05) is 12.1 Å². The molecule has 0 aliphatic carbocycles. The van der Waals surface area contributed by atoms with E-state index in [1.807, 2.05) is 0 Å². The highest BCUT2D eigenvalue weighted by atomic mass is 16.4. The zero-order valence-electron chi connectivity index (χ0n) is 7.43. The Bertz CT molecular complexity index is 381. The number of hydrogen-bond donors (Lipinski definition) is 1. The largest absolute Gasteiger partial charge is 0.478 e. The zero-order chi connectivity index (χ0) is 10.4. The van der Waals surface area contributed by atoms with Crippen molar-refractivity contribution >= 4 is 12.0 Å². The van der Waals surface area contributed by atoms with Crippen molar-refractivity contribution in [2.45, 2.75) is 6.42 Å². The van der Waals surface area contributed by atoms with E-state index in [4.69, 9.17) is 5.11 Å². The zero-order valence-corrected chi connectivity index (χ0v) is 7.43. The van der Waals surface area contributed by atoms with Crippen molar-refractivity contribution in [3.05, 3.63) is 35.4 Å². The van der Waals surface area contributed by atoms with Crippen LogP contribution in [0.5, 0.6) is 0 Å². The molecule has 1 N–H and O–H groups in total. The van der Waals surface area contributed by atoms with Gasteiger partial charge in [0, 0.05) is 0 Å².